The number of aryl methyl sites for hydroxylation is 1. The Hall–Kier alpha value is -1.19. The maximum absolute atomic E-state index is 12.3. The van der Waals surface area contributed by atoms with Crippen molar-refractivity contribution in [2.75, 3.05) is 27.7 Å². The lowest BCUT2D eigenvalue weighted by molar-refractivity contribution is -0.153. The van der Waals surface area contributed by atoms with Crippen molar-refractivity contribution in [2.45, 2.75) is 19.6 Å². The van der Waals surface area contributed by atoms with Crippen LogP contribution in [0.25, 0.3) is 0 Å². The Kier molecular flexibility index (Phi) is 8.57. The molecule has 1 aromatic rings. The second-order valence-electron chi connectivity index (χ2n) is 4.81. The molecule has 0 aliphatic heterocycles. The Morgan fingerprint density at radius 3 is 2.45 bits per heavy atom. The third kappa shape index (κ3) is 7.19. The smallest absolute Gasteiger partial charge is 0.422 e. The molecule has 0 aliphatic carbocycles. The van der Waals surface area contributed by atoms with Crippen LogP contribution in [0.1, 0.15) is 11.1 Å². The minimum Gasteiger partial charge on any atom is -0.484 e. The predicted molar refractivity (Wildman–Crippen MR) is 92.0 cm³/mol. The summed E-state index contributed by atoms with van der Waals surface area (Å²) in [7, 11) is 5.29. The number of hydrogen-bond acceptors (Lipinski definition) is 2. The van der Waals surface area contributed by atoms with Crippen LogP contribution in [-0.2, 0) is 6.54 Å². The summed E-state index contributed by atoms with van der Waals surface area (Å²) >= 11 is 0. The average molecular weight is 431 g/mol. The molecular weight excluding hydrogens is 410 g/mol. The second-order valence-corrected chi connectivity index (χ2v) is 4.81. The monoisotopic (exact) mass is 431 g/mol. The number of guanidine groups is 1. The highest BCUT2D eigenvalue weighted by molar-refractivity contribution is 14.0. The van der Waals surface area contributed by atoms with Crippen molar-refractivity contribution in [3.63, 3.8) is 0 Å². The number of nitrogens with zero attached hydrogens (tertiary/aromatic N) is 2. The van der Waals surface area contributed by atoms with Gasteiger partial charge in [-0.25, -0.2) is 0 Å². The van der Waals surface area contributed by atoms with Crippen LogP contribution in [0.4, 0.5) is 13.2 Å². The molecule has 0 saturated carbocycles. The topological polar surface area (TPSA) is 36.9 Å². The number of benzene rings is 1. The molecule has 1 aromatic carbocycles. The number of hydrogen-bond donors (Lipinski definition) is 1. The standard InChI is InChI=1S/C14H20F3N3O.HI/c1-10-5-6-11(8-19-13(18-2)20(3)4)12(7-10)21-9-14(15,16)17;/h5-7H,8-9H2,1-4H3,(H,18,19);1H. The van der Waals surface area contributed by atoms with Crippen LogP contribution in [0.15, 0.2) is 23.2 Å². The first kappa shape index (κ1) is 20.8. The lowest BCUT2D eigenvalue weighted by atomic mass is 10.1. The van der Waals surface area contributed by atoms with Crippen LogP contribution < -0.4 is 10.1 Å². The Labute approximate surface area is 145 Å². The normalized spacial score (nSPS) is 11.7. The molecule has 0 aromatic heterocycles. The van der Waals surface area contributed by atoms with Crippen molar-refractivity contribution in [1.29, 1.82) is 0 Å². The molecule has 0 unspecified atom stereocenters. The summed E-state index contributed by atoms with van der Waals surface area (Å²) in [4.78, 5) is 5.83. The number of ether oxygens (including phenoxy) is 1. The van der Waals surface area contributed by atoms with Crippen molar-refractivity contribution >= 4 is 29.9 Å². The molecule has 1 N–H and O–H groups in total. The molecule has 0 bridgehead atoms. The fourth-order valence-electron chi connectivity index (χ4n) is 1.71. The van der Waals surface area contributed by atoms with E-state index < -0.39 is 12.8 Å². The molecule has 0 saturated heterocycles. The van der Waals surface area contributed by atoms with Gasteiger partial charge in [0.1, 0.15) is 5.75 Å². The van der Waals surface area contributed by atoms with E-state index in [0.717, 1.165) is 5.56 Å². The Balaban J connectivity index is 0.00000441. The minimum absolute atomic E-state index is 0. The van der Waals surface area contributed by atoms with Gasteiger partial charge in [-0.1, -0.05) is 12.1 Å². The molecular formula is C14H21F3IN3O. The zero-order valence-corrected chi connectivity index (χ0v) is 15.3. The lowest BCUT2D eigenvalue weighted by Gasteiger charge is -2.19. The third-order valence-corrected chi connectivity index (χ3v) is 2.69. The molecule has 4 nitrogen and oxygen atoms in total. The first-order valence-electron chi connectivity index (χ1n) is 6.40. The van der Waals surface area contributed by atoms with Gasteiger partial charge in [-0.15, -0.1) is 24.0 Å². The van der Waals surface area contributed by atoms with Crippen LogP contribution in [0.3, 0.4) is 0 Å². The minimum atomic E-state index is -4.35. The third-order valence-electron chi connectivity index (χ3n) is 2.69. The number of aliphatic imine (C=N–C) groups is 1. The van der Waals surface area contributed by atoms with Crippen LogP contribution in [0.5, 0.6) is 5.75 Å². The van der Waals surface area contributed by atoms with Crippen LogP contribution in [0, 0.1) is 6.92 Å². The van der Waals surface area contributed by atoms with Gasteiger partial charge >= 0.3 is 6.18 Å². The molecule has 8 heteroatoms. The fourth-order valence-corrected chi connectivity index (χ4v) is 1.71. The second kappa shape index (κ2) is 9.06. The zero-order chi connectivity index (χ0) is 16.0. The molecule has 0 aliphatic rings. The van der Waals surface area contributed by atoms with Crippen molar-refractivity contribution in [1.82, 2.24) is 10.2 Å². The molecule has 0 spiro atoms. The Bertz CT molecular complexity index is 505. The van der Waals surface area contributed by atoms with E-state index in [1.54, 1.807) is 31.0 Å². The van der Waals surface area contributed by atoms with Gasteiger partial charge in [0.25, 0.3) is 0 Å². The van der Waals surface area contributed by atoms with Crippen molar-refractivity contribution in [3.8, 4) is 5.75 Å². The molecule has 0 atom stereocenters. The molecule has 0 fully saturated rings. The van der Waals surface area contributed by atoms with E-state index in [1.165, 1.54) is 0 Å². The number of halogens is 4. The highest BCUT2D eigenvalue weighted by atomic mass is 127. The highest BCUT2D eigenvalue weighted by Crippen LogP contribution is 2.23. The van der Waals surface area contributed by atoms with Gasteiger partial charge in [-0.05, 0) is 18.6 Å². The zero-order valence-electron chi connectivity index (χ0n) is 13.0. The van der Waals surface area contributed by atoms with Gasteiger partial charge in [-0.3, -0.25) is 4.99 Å². The lowest BCUT2D eigenvalue weighted by Crippen LogP contribution is -2.35. The van der Waals surface area contributed by atoms with Crippen LogP contribution in [-0.4, -0.2) is 44.8 Å². The van der Waals surface area contributed by atoms with Crippen molar-refractivity contribution in [2.24, 2.45) is 4.99 Å². The molecule has 22 heavy (non-hydrogen) atoms. The predicted octanol–water partition coefficient (Wildman–Crippen LogP) is 3.19. The number of rotatable bonds is 4. The van der Waals surface area contributed by atoms with E-state index in [1.807, 2.05) is 20.2 Å². The SMILES string of the molecule is CN=C(NCc1ccc(C)cc1OCC(F)(F)F)N(C)C.I. The fraction of sp³-hybridized carbons (Fsp3) is 0.500. The number of alkyl halides is 3. The van der Waals surface area contributed by atoms with E-state index in [0.29, 0.717) is 18.1 Å². The van der Waals surface area contributed by atoms with Gasteiger partial charge in [0.2, 0.25) is 0 Å². The van der Waals surface area contributed by atoms with E-state index >= 15 is 0 Å². The van der Waals surface area contributed by atoms with Crippen LogP contribution in [0.2, 0.25) is 0 Å². The molecule has 126 valence electrons. The molecule has 0 heterocycles. The summed E-state index contributed by atoms with van der Waals surface area (Å²) in [5.74, 6) is 0.867. The summed E-state index contributed by atoms with van der Waals surface area (Å²) in [5, 5.41) is 3.06. The maximum atomic E-state index is 12.3. The van der Waals surface area contributed by atoms with Crippen molar-refractivity contribution in [3.05, 3.63) is 29.3 Å². The van der Waals surface area contributed by atoms with Crippen molar-refractivity contribution < 1.29 is 17.9 Å². The average Bonchev–Trinajstić information content (AvgIpc) is 2.37. The Morgan fingerprint density at radius 2 is 1.95 bits per heavy atom. The number of nitrogens with one attached hydrogen (secondary N) is 1. The van der Waals surface area contributed by atoms with E-state index in [2.05, 4.69) is 10.3 Å². The summed E-state index contributed by atoms with van der Waals surface area (Å²) < 4.78 is 41.7. The Morgan fingerprint density at radius 1 is 1.32 bits per heavy atom. The maximum Gasteiger partial charge on any atom is 0.422 e. The molecule has 0 amide bonds. The highest BCUT2D eigenvalue weighted by Gasteiger charge is 2.28. The first-order valence-corrected chi connectivity index (χ1v) is 6.40. The van der Waals surface area contributed by atoms with Gasteiger partial charge in [0.15, 0.2) is 12.6 Å². The van der Waals surface area contributed by atoms with Gasteiger partial charge in [-0.2, -0.15) is 13.2 Å². The summed E-state index contributed by atoms with van der Waals surface area (Å²) in [6.07, 6.45) is -4.35. The summed E-state index contributed by atoms with van der Waals surface area (Å²) in [6.45, 7) is 0.834. The van der Waals surface area contributed by atoms with E-state index in [9.17, 15) is 13.2 Å². The largest absolute Gasteiger partial charge is 0.484 e. The quantitative estimate of drug-likeness (QED) is 0.452. The van der Waals surface area contributed by atoms with Crippen LogP contribution >= 0.6 is 24.0 Å². The summed E-state index contributed by atoms with van der Waals surface area (Å²) in [6, 6.07) is 5.17. The van der Waals surface area contributed by atoms with Gasteiger partial charge < -0.3 is 15.0 Å². The molecule has 1 rings (SSSR count). The first-order chi connectivity index (χ1) is 9.73. The summed E-state index contributed by atoms with van der Waals surface area (Å²) in [5.41, 5.74) is 1.49. The van der Waals surface area contributed by atoms with Gasteiger partial charge in [0.05, 0.1) is 0 Å². The van der Waals surface area contributed by atoms with E-state index in [4.69, 9.17) is 4.74 Å². The van der Waals surface area contributed by atoms with Gasteiger partial charge in [0, 0.05) is 33.3 Å². The van der Waals surface area contributed by atoms with E-state index in [-0.39, 0.29) is 29.7 Å². The molecule has 0 radical (unpaired) electrons.